The number of benzene rings is 5. The van der Waals surface area contributed by atoms with Crippen molar-refractivity contribution in [3.63, 3.8) is 0 Å². The van der Waals surface area contributed by atoms with Gasteiger partial charge < -0.3 is 10.2 Å². The van der Waals surface area contributed by atoms with Crippen molar-refractivity contribution in [2.24, 2.45) is 0 Å². The second-order valence-electron chi connectivity index (χ2n) is 11.2. The van der Waals surface area contributed by atoms with Gasteiger partial charge in [0.25, 0.3) is 0 Å². The Morgan fingerprint density at radius 3 is 1.09 bits per heavy atom. The summed E-state index contributed by atoms with van der Waals surface area (Å²) in [6.07, 6.45) is 0. The van der Waals surface area contributed by atoms with Crippen LogP contribution in [0.4, 0.5) is 0 Å². The van der Waals surface area contributed by atoms with E-state index in [0.717, 1.165) is 55.7 Å². The highest BCUT2D eigenvalue weighted by Crippen LogP contribution is 2.33. The summed E-state index contributed by atoms with van der Waals surface area (Å²) in [6, 6.07) is 40.8. The third-order valence-electron chi connectivity index (χ3n) is 7.62. The fourth-order valence-electron chi connectivity index (χ4n) is 5.04. The molecule has 226 valence electrons. The lowest BCUT2D eigenvalue weighted by Crippen LogP contribution is -2.05. The van der Waals surface area contributed by atoms with Crippen molar-refractivity contribution in [1.29, 1.82) is 0 Å². The van der Waals surface area contributed by atoms with E-state index < -0.39 is 11.9 Å². The number of hydrogen-bond donors (Lipinski definition) is 2. The molecule has 5 aromatic carbocycles. The molecule has 5 aromatic rings. The quantitative estimate of drug-likeness (QED) is 0.145. The van der Waals surface area contributed by atoms with Gasteiger partial charge in [-0.25, -0.2) is 9.59 Å². The van der Waals surface area contributed by atoms with E-state index in [0.29, 0.717) is 16.7 Å². The highest BCUT2D eigenvalue weighted by atomic mass is 16.4. The molecule has 4 nitrogen and oxygen atoms in total. The number of hydrogen-bond acceptors (Lipinski definition) is 2. The Labute approximate surface area is 265 Å². The minimum atomic E-state index is -0.928. The summed E-state index contributed by atoms with van der Waals surface area (Å²) in [6.45, 7) is 9.87. The first kappa shape index (κ1) is 32.4. The summed E-state index contributed by atoms with van der Waals surface area (Å²) in [5.41, 5.74) is 10.9. The number of rotatable bonds is 7. The molecule has 0 spiro atoms. The fraction of sp³-hybridized carbons (Fsp3) is 0.122. The highest BCUT2D eigenvalue weighted by Gasteiger charge is 2.20. The van der Waals surface area contributed by atoms with Gasteiger partial charge in [-0.2, -0.15) is 0 Å². The van der Waals surface area contributed by atoms with Crippen LogP contribution in [0.25, 0.3) is 22.3 Å². The summed E-state index contributed by atoms with van der Waals surface area (Å²) in [5, 5.41) is 19.5. The minimum absolute atomic E-state index is 0.315. The van der Waals surface area contributed by atoms with Crippen LogP contribution in [0.3, 0.4) is 0 Å². The number of aryl methyl sites for hydroxylation is 4. The topological polar surface area (TPSA) is 74.6 Å². The zero-order chi connectivity index (χ0) is 32.5. The van der Waals surface area contributed by atoms with Crippen LogP contribution in [-0.2, 0) is 9.59 Å². The molecule has 0 aromatic heterocycles. The Balaban J connectivity index is 0.000000210. The zero-order valence-corrected chi connectivity index (χ0v) is 26.3. The summed E-state index contributed by atoms with van der Waals surface area (Å²) >= 11 is 0. The third-order valence-corrected chi connectivity index (χ3v) is 7.62. The molecule has 0 saturated heterocycles. The van der Waals surface area contributed by atoms with Gasteiger partial charge in [-0.15, -0.1) is 0 Å². The molecule has 2 N–H and O–H groups in total. The number of carbonyl (C=O) groups is 2. The van der Waals surface area contributed by atoms with Crippen molar-refractivity contribution in [3.8, 4) is 0 Å². The molecular formula is C41H38O4. The Bertz CT molecular complexity index is 1830. The second-order valence-corrected chi connectivity index (χ2v) is 11.2. The van der Waals surface area contributed by atoms with Gasteiger partial charge in [0.05, 0.1) is 11.1 Å². The summed E-state index contributed by atoms with van der Waals surface area (Å²) in [4.78, 5) is 23.8. The van der Waals surface area contributed by atoms with E-state index in [1.807, 2.05) is 162 Å². The minimum Gasteiger partial charge on any atom is -0.478 e. The number of allylic oxidation sites excluding steroid dienone is 1. The molecule has 4 heteroatoms. The average Bonchev–Trinajstić information content (AvgIpc) is 3.03. The lowest BCUT2D eigenvalue weighted by Gasteiger charge is -2.14. The van der Waals surface area contributed by atoms with Gasteiger partial charge in [0.2, 0.25) is 0 Å². The van der Waals surface area contributed by atoms with Crippen LogP contribution in [0.5, 0.6) is 0 Å². The lowest BCUT2D eigenvalue weighted by molar-refractivity contribution is -0.131. The van der Waals surface area contributed by atoms with Gasteiger partial charge in [0, 0.05) is 5.57 Å². The summed E-state index contributed by atoms with van der Waals surface area (Å²) in [5.74, 6) is -1.82. The van der Waals surface area contributed by atoms with Crippen LogP contribution in [0, 0.1) is 27.7 Å². The standard InChI is InChI=1S/C23H20O2.C18H18O2/c1-16-8-12-19(13-9-16)21(18-6-4-3-5-7-18)22(23(24)25)20-14-10-17(2)11-15-20;1-12-4-8-15(9-5-12)14(3)17(18(19)20)16-10-6-13(2)7-11-16/h3-15H,1-2H3,(H,24,25);4-11H,1-3H3,(H,19,20)/b22-21+;17-14+. The second kappa shape index (κ2) is 14.8. The van der Waals surface area contributed by atoms with E-state index in [-0.39, 0.29) is 0 Å². The average molecular weight is 595 g/mol. The highest BCUT2D eigenvalue weighted by molar-refractivity contribution is 6.26. The van der Waals surface area contributed by atoms with Crippen LogP contribution in [0.2, 0.25) is 0 Å². The van der Waals surface area contributed by atoms with E-state index in [4.69, 9.17) is 0 Å². The maximum absolute atomic E-state index is 12.2. The van der Waals surface area contributed by atoms with Crippen LogP contribution in [-0.4, -0.2) is 22.2 Å². The van der Waals surface area contributed by atoms with E-state index in [1.165, 1.54) is 0 Å². The summed E-state index contributed by atoms with van der Waals surface area (Å²) < 4.78 is 0. The SMILES string of the molecule is C/C(=C(\C(=O)O)c1ccc(C)cc1)c1ccc(C)cc1.Cc1ccc(/C(C(=O)O)=C(/c2ccccc2)c2ccc(C)cc2)cc1. The number of carboxylic acids is 2. The van der Waals surface area contributed by atoms with Crippen molar-refractivity contribution in [2.45, 2.75) is 34.6 Å². The molecule has 0 aliphatic carbocycles. The maximum atomic E-state index is 12.2. The molecule has 0 saturated carbocycles. The Morgan fingerprint density at radius 1 is 0.400 bits per heavy atom. The van der Waals surface area contributed by atoms with Crippen LogP contribution in [0.15, 0.2) is 127 Å². The number of carboxylic acid groups (broad SMARTS) is 2. The monoisotopic (exact) mass is 594 g/mol. The third kappa shape index (κ3) is 8.33. The molecule has 0 amide bonds. The van der Waals surface area contributed by atoms with Gasteiger partial charge in [-0.3, -0.25) is 0 Å². The van der Waals surface area contributed by atoms with Gasteiger partial charge >= 0.3 is 11.9 Å². The molecule has 0 heterocycles. The first-order valence-corrected chi connectivity index (χ1v) is 14.8. The van der Waals surface area contributed by atoms with E-state index in [9.17, 15) is 19.8 Å². The summed E-state index contributed by atoms with van der Waals surface area (Å²) in [7, 11) is 0. The molecule has 0 fully saturated rings. The van der Waals surface area contributed by atoms with Crippen molar-refractivity contribution in [3.05, 3.63) is 177 Å². The first-order chi connectivity index (χ1) is 21.5. The predicted octanol–water partition coefficient (Wildman–Crippen LogP) is 9.67. The van der Waals surface area contributed by atoms with Crippen LogP contribution < -0.4 is 0 Å². The molecule has 0 aliphatic rings. The Hall–Kier alpha value is -5.48. The Kier molecular flexibility index (Phi) is 10.7. The van der Waals surface area contributed by atoms with Crippen LogP contribution >= 0.6 is 0 Å². The molecule has 0 radical (unpaired) electrons. The molecule has 45 heavy (non-hydrogen) atoms. The molecule has 0 aliphatic heterocycles. The lowest BCUT2D eigenvalue weighted by atomic mass is 9.89. The molecule has 0 atom stereocenters. The fourth-order valence-corrected chi connectivity index (χ4v) is 5.04. The van der Waals surface area contributed by atoms with E-state index in [2.05, 4.69) is 0 Å². The molecule has 5 rings (SSSR count). The molecular weight excluding hydrogens is 556 g/mol. The zero-order valence-electron chi connectivity index (χ0n) is 26.3. The maximum Gasteiger partial charge on any atom is 0.336 e. The van der Waals surface area contributed by atoms with Crippen molar-refractivity contribution in [1.82, 2.24) is 0 Å². The number of aliphatic carboxylic acids is 2. The van der Waals surface area contributed by atoms with Crippen molar-refractivity contribution in [2.75, 3.05) is 0 Å². The van der Waals surface area contributed by atoms with Gasteiger partial charge in [0.1, 0.15) is 0 Å². The first-order valence-electron chi connectivity index (χ1n) is 14.8. The van der Waals surface area contributed by atoms with Crippen LogP contribution in [0.1, 0.15) is 57.0 Å². The Morgan fingerprint density at radius 2 is 0.711 bits per heavy atom. The van der Waals surface area contributed by atoms with Gasteiger partial charge in [-0.05, 0) is 68.0 Å². The van der Waals surface area contributed by atoms with E-state index >= 15 is 0 Å². The molecule has 0 bridgehead atoms. The molecule has 0 unspecified atom stereocenters. The van der Waals surface area contributed by atoms with Gasteiger partial charge in [-0.1, -0.05) is 150 Å². The van der Waals surface area contributed by atoms with Crippen molar-refractivity contribution >= 4 is 34.2 Å². The largest absolute Gasteiger partial charge is 0.478 e. The van der Waals surface area contributed by atoms with E-state index in [1.54, 1.807) is 0 Å². The van der Waals surface area contributed by atoms with Crippen molar-refractivity contribution < 1.29 is 19.8 Å². The smallest absolute Gasteiger partial charge is 0.336 e. The van der Waals surface area contributed by atoms with Gasteiger partial charge in [0.15, 0.2) is 0 Å². The normalized spacial score (nSPS) is 11.8. The predicted molar refractivity (Wildman–Crippen MR) is 185 cm³/mol.